The number of non-ortho nitro benzene ring substituents is 1. The summed E-state index contributed by atoms with van der Waals surface area (Å²) in [6.45, 7) is 0. The van der Waals surface area contributed by atoms with E-state index in [2.05, 4.69) is 10.5 Å². The van der Waals surface area contributed by atoms with Crippen molar-refractivity contribution in [3.8, 4) is 6.07 Å². The summed E-state index contributed by atoms with van der Waals surface area (Å²) in [6.07, 6.45) is 2.73. The Hall–Kier alpha value is -3.99. The topological polar surface area (TPSA) is 112 Å². The number of carbonyl (C=O) groups excluding carboxylic acids is 1. The van der Waals surface area contributed by atoms with Crippen LogP contribution in [-0.2, 0) is 4.79 Å². The van der Waals surface area contributed by atoms with Gasteiger partial charge < -0.3 is 4.90 Å². The van der Waals surface area contributed by atoms with E-state index in [1.54, 1.807) is 12.1 Å². The summed E-state index contributed by atoms with van der Waals surface area (Å²) < 4.78 is 0. The number of nitrogens with one attached hydrogen (secondary N) is 1. The quantitative estimate of drug-likeness (QED) is 0.279. The zero-order valence-corrected chi connectivity index (χ0v) is 14.8. The Labute approximate surface area is 156 Å². The molecule has 0 unspecified atom stereocenters. The highest BCUT2D eigenvalue weighted by Gasteiger charge is 2.10. The second-order valence-corrected chi connectivity index (χ2v) is 5.71. The molecule has 0 saturated heterocycles. The SMILES string of the molecule is CN(C)c1ccc(/C=N/NC(=O)/C(C#N)=C/c2cccc([N+](=O)[O-])c2)cc1. The fourth-order valence-electron chi connectivity index (χ4n) is 2.13. The maximum absolute atomic E-state index is 12.1. The van der Waals surface area contributed by atoms with Gasteiger partial charge in [0.2, 0.25) is 0 Å². The lowest BCUT2D eigenvalue weighted by atomic mass is 10.1. The van der Waals surface area contributed by atoms with Crippen molar-refractivity contribution in [1.82, 2.24) is 5.43 Å². The average Bonchev–Trinajstić information content (AvgIpc) is 2.66. The van der Waals surface area contributed by atoms with Gasteiger partial charge in [-0.3, -0.25) is 14.9 Å². The molecule has 0 saturated carbocycles. The van der Waals surface area contributed by atoms with Gasteiger partial charge >= 0.3 is 0 Å². The van der Waals surface area contributed by atoms with Crippen LogP contribution >= 0.6 is 0 Å². The van der Waals surface area contributed by atoms with E-state index in [1.165, 1.54) is 30.5 Å². The molecule has 0 heterocycles. The van der Waals surface area contributed by atoms with Gasteiger partial charge in [0.25, 0.3) is 11.6 Å². The minimum atomic E-state index is -0.704. The molecule has 136 valence electrons. The zero-order valence-electron chi connectivity index (χ0n) is 14.8. The van der Waals surface area contributed by atoms with Gasteiger partial charge in [-0.2, -0.15) is 10.4 Å². The van der Waals surface area contributed by atoms with Gasteiger partial charge in [0.05, 0.1) is 11.1 Å². The Morgan fingerprint density at radius 2 is 1.93 bits per heavy atom. The molecule has 8 heteroatoms. The smallest absolute Gasteiger partial charge is 0.282 e. The summed E-state index contributed by atoms with van der Waals surface area (Å²) in [5, 5.41) is 23.8. The molecule has 8 nitrogen and oxygen atoms in total. The van der Waals surface area contributed by atoms with Crippen molar-refractivity contribution in [3.63, 3.8) is 0 Å². The van der Waals surface area contributed by atoms with Crippen LogP contribution < -0.4 is 10.3 Å². The molecule has 1 N–H and O–H groups in total. The standard InChI is InChI=1S/C19H17N5O3/c1-23(2)17-8-6-14(7-9-17)13-21-22-19(25)16(12-20)10-15-4-3-5-18(11-15)24(26)27/h3-11,13H,1-2H3,(H,22,25)/b16-10+,21-13+. The molecule has 1 amide bonds. The Balaban J connectivity index is 2.07. The molecular formula is C19H17N5O3. The van der Waals surface area contributed by atoms with Crippen molar-refractivity contribution >= 4 is 29.6 Å². The number of rotatable bonds is 6. The third-order valence-corrected chi connectivity index (χ3v) is 3.55. The molecule has 0 fully saturated rings. The first-order valence-electron chi connectivity index (χ1n) is 7.88. The maximum atomic E-state index is 12.1. The fourth-order valence-corrected chi connectivity index (χ4v) is 2.13. The van der Waals surface area contributed by atoms with Crippen LogP contribution in [0.2, 0.25) is 0 Å². The highest BCUT2D eigenvalue weighted by molar-refractivity contribution is 6.02. The predicted octanol–water partition coefficient (Wildman–Crippen LogP) is 2.72. The van der Waals surface area contributed by atoms with Crippen molar-refractivity contribution in [2.45, 2.75) is 0 Å². The lowest BCUT2D eigenvalue weighted by molar-refractivity contribution is -0.384. The number of nitro benzene ring substituents is 1. The third kappa shape index (κ3) is 5.51. The number of hydrogen-bond donors (Lipinski definition) is 1. The number of amides is 1. The molecule has 0 aromatic heterocycles. The summed E-state index contributed by atoms with van der Waals surface area (Å²) >= 11 is 0. The highest BCUT2D eigenvalue weighted by Crippen LogP contribution is 2.15. The molecule has 2 rings (SSSR count). The molecule has 0 aliphatic carbocycles. The van der Waals surface area contributed by atoms with E-state index >= 15 is 0 Å². The Morgan fingerprint density at radius 1 is 1.22 bits per heavy atom. The number of hydrogen-bond acceptors (Lipinski definition) is 6. The van der Waals surface area contributed by atoms with Crippen LogP contribution in [0.4, 0.5) is 11.4 Å². The summed E-state index contributed by atoms with van der Waals surface area (Å²) in [4.78, 5) is 24.3. The predicted molar refractivity (Wildman–Crippen MR) is 103 cm³/mol. The number of nitro groups is 1. The molecule has 0 aliphatic rings. The molecule has 2 aromatic carbocycles. The van der Waals surface area contributed by atoms with Gasteiger partial charge in [0, 0.05) is 31.9 Å². The van der Waals surface area contributed by atoms with Crippen LogP contribution in [0.5, 0.6) is 0 Å². The van der Waals surface area contributed by atoms with E-state index in [1.807, 2.05) is 43.3 Å². The normalized spacial score (nSPS) is 11.1. The van der Waals surface area contributed by atoms with E-state index < -0.39 is 10.8 Å². The van der Waals surface area contributed by atoms with Crippen molar-refractivity contribution in [2.75, 3.05) is 19.0 Å². The third-order valence-electron chi connectivity index (χ3n) is 3.55. The lowest BCUT2D eigenvalue weighted by Gasteiger charge is -2.11. The number of carbonyl (C=O) groups is 1. The summed E-state index contributed by atoms with van der Waals surface area (Å²) in [7, 11) is 3.86. The van der Waals surface area contributed by atoms with Crippen molar-refractivity contribution < 1.29 is 9.72 Å². The summed E-state index contributed by atoms with van der Waals surface area (Å²) in [5.41, 5.74) is 4.12. The summed E-state index contributed by atoms with van der Waals surface area (Å²) in [5.74, 6) is -0.704. The number of hydrazone groups is 1. The van der Waals surface area contributed by atoms with Gasteiger partial charge in [0.15, 0.2) is 0 Å². The molecule has 0 radical (unpaired) electrons. The van der Waals surface area contributed by atoms with Gasteiger partial charge in [-0.15, -0.1) is 0 Å². The molecule has 27 heavy (non-hydrogen) atoms. The molecule has 0 bridgehead atoms. The number of nitriles is 1. The Kier molecular flexibility index (Phi) is 6.39. The number of anilines is 1. The van der Waals surface area contributed by atoms with E-state index in [0.29, 0.717) is 5.56 Å². The first kappa shape index (κ1) is 19.3. The van der Waals surface area contributed by atoms with E-state index in [4.69, 9.17) is 5.26 Å². The molecule has 0 aliphatic heterocycles. The van der Waals surface area contributed by atoms with Crippen molar-refractivity contribution in [3.05, 3.63) is 75.3 Å². The summed E-state index contributed by atoms with van der Waals surface area (Å²) in [6, 6.07) is 14.9. The van der Waals surface area contributed by atoms with Crippen LogP contribution in [0.1, 0.15) is 11.1 Å². The molecule has 0 atom stereocenters. The average molecular weight is 363 g/mol. The van der Waals surface area contributed by atoms with E-state index in [-0.39, 0.29) is 11.3 Å². The molecule has 2 aromatic rings. The minimum absolute atomic E-state index is 0.124. The lowest BCUT2D eigenvalue weighted by Crippen LogP contribution is -2.19. The van der Waals surface area contributed by atoms with E-state index in [0.717, 1.165) is 11.3 Å². The van der Waals surface area contributed by atoms with Gasteiger partial charge in [-0.25, -0.2) is 5.43 Å². The van der Waals surface area contributed by atoms with Crippen LogP contribution in [-0.4, -0.2) is 31.1 Å². The largest absolute Gasteiger partial charge is 0.378 e. The second kappa shape index (κ2) is 8.92. The van der Waals surface area contributed by atoms with Gasteiger partial charge in [-0.1, -0.05) is 24.3 Å². The van der Waals surface area contributed by atoms with Crippen LogP contribution in [0, 0.1) is 21.4 Å². The zero-order chi connectivity index (χ0) is 19.8. The molecular weight excluding hydrogens is 346 g/mol. The fraction of sp³-hybridized carbons (Fsp3) is 0.105. The Morgan fingerprint density at radius 3 is 2.52 bits per heavy atom. The first-order valence-corrected chi connectivity index (χ1v) is 7.88. The van der Waals surface area contributed by atoms with Gasteiger partial charge in [0.1, 0.15) is 11.6 Å². The van der Waals surface area contributed by atoms with Crippen LogP contribution in [0.15, 0.2) is 59.2 Å². The second-order valence-electron chi connectivity index (χ2n) is 5.71. The minimum Gasteiger partial charge on any atom is -0.378 e. The monoisotopic (exact) mass is 363 g/mol. The number of nitrogens with zero attached hydrogens (tertiary/aromatic N) is 4. The van der Waals surface area contributed by atoms with Crippen molar-refractivity contribution in [2.24, 2.45) is 5.10 Å². The molecule has 0 spiro atoms. The highest BCUT2D eigenvalue weighted by atomic mass is 16.6. The van der Waals surface area contributed by atoms with Crippen molar-refractivity contribution in [1.29, 1.82) is 5.26 Å². The van der Waals surface area contributed by atoms with Crippen LogP contribution in [0.25, 0.3) is 6.08 Å². The first-order chi connectivity index (χ1) is 12.9. The Bertz CT molecular complexity index is 941. The number of benzene rings is 2. The maximum Gasteiger partial charge on any atom is 0.282 e. The van der Waals surface area contributed by atoms with E-state index in [9.17, 15) is 14.9 Å². The van der Waals surface area contributed by atoms with Gasteiger partial charge in [-0.05, 0) is 29.3 Å². The van der Waals surface area contributed by atoms with Crippen LogP contribution in [0.3, 0.4) is 0 Å².